The van der Waals surface area contributed by atoms with E-state index in [-0.39, 0.29) is 30.2 Å². The van der Waals surface area contributed by atoms with Crippen LogP contribution in [0.4, 0.5) is 18.9 Å². The van der Waals surface area contributed by atoms with Gasteiger partial charge in [-0.2, -0.15) is 13.2 Å². The Bertz CT molecular complexity index is 698. The van der Waals surface area contributed by atoms with Crippen LogP contribution in [0.3, 0.4) is 0 Å². The van der Waals surface area contributed by atoms with Crippen LogP contribution < -0.4 is 10.2 Å². The first-order valence-corrected chi connectivity index (χ1v) is 9.63. The molecule has 2 N–H and O–H groups in total. The molecule has 5 nitrogen and oxygen atoms in total. The number of likely N-dealkylation sites (tertiary alicyclic amines) is 1. The average molecular weight is 400 g/mol. The van der Waals surface area contributed by atoms with Gasteiger partial charge in [0.05, 0.1) is 18.3 Å². The van der Waals surface area contributed by atoms with E-state index in [1.807, 2.05) is 18.7 Å². The van der Waals surface area contributed by atoms with E-state index in [1.54, 1.807) is 14.0 Å². The smallest absolute Gasteiger partial charge is 0.332 e. The molecule has 1 aromatic carbocycles. The lowest BCUT2D eigenvalue weighted by Crippen LogP contribution is -3.15. The van der Waals surface area contributed by atoms with E-state index in [0.29, 0.717) is 4.90 Å². The summed E-state index contributed by atoms with van der Waals surface area (Å²) in [6.07, 6.45) is -1.55. The monoisotopic (exact) mass is 400 g/mol. The summed E-state index contributed by atoms with van der Waals surface area (Å²) in [5.74, 6) is -0.589. The van der Waals surface area contributed by atoms with Gasteiger partial charge in [0.25, 0.3) is 11.8 Å². The summed E-state index contributed by atoms with van der Waals surface area (Å²) >= 11 is 0. The Hall–Kier alpha value is -2.09. The molecule has 0 bridgehead atoms. The second-order valence-corrected chi connectivity index (χ2v) is 7.71. The average Bonchev–Trinajstić information content (AvgIpc) is 2.60. The summed E-state index contributed by atoms with van der Waals surface area (Å²) in [7, 11) is 1.71. The molecule has 2 rings (SSSR count). The summed E-state index contributed by atoms with van der Waals surface area (Å²) in [5.41, 5.74) is -1.16. The first kappa shape index (κ1) is 22.2. The van der Waals surface area contributed by atoms with Crippen LogP contribution in [0, 0.1) is 0 Å². The zero-order chi connectivity index (χ0) is 21.1. The SMILES string of the molecule is C[C@@H]1CCC[C@H](C)N1C(=O)[C@@H](C)[NH+](C)CC(=O)Nc1ccccc1C(F)(F)F. The number of nitrogens with one attached hydrogen (secondary N) is 2. The van der Waals surface area contributed by atoms with E-state index in [0.717, 1.165) is 25.3 Å². The number of amides is 2. The van der Waals surface area contributed by atoms with Gasteiger partial charge in [-0.25, -0.2) is 0 Å². The molecule has 156 valence electrons. The molecule has 0 saturated carbocycles. The molecular weight excluding hydrogens is 371 g/mol. The number of carbonyl (C=O) groups excluding carboxylic acids is 2. The van der Waals surface area contributed by atoms with Crippen molar-refractivity contribution in [3.63, 3.8) is 0 Å². The van der Waals surface area contributed by atoms with E-state index >= 15 is 0 Å². The summed E-state index contributed by atoms with van der Waals surface area (Å²) in [6.45, 7) is 5.70. The van der Waals surface area contributed by atoms with Crippen LogP contribution >= 0.6 is 0 Å². The number of para-hydroxylation sites is 1. The molecule has 28 heavy (non-hydrogen) atoms. The number of nitrogens with zero attached hydrogens (tertiary/aromatic N) is 1. The maximum absolute atomic E-state index is 13.1. The molecule has 1 aliphatic heterocycles. The number of quaternary nitrogens is 1. The molecule has 0 aliphatic carbocycles. The van der Waals surface area contributed by atoms with Crippen LogP contribution in [0.1, 0.15) is 45.6 Å². The lowest BCUT2D eigenvalue weighted by atomic mass is 9.96. The van der Waals surface area contributed by atoms with Crippen molar-refractivity contribution in [1.82, 2.24) is 4.90 Å². The van der Waals surface area contributed by atoms with Crippen molar-refractivity contribution in [2.45, 2.75) is 64.3 Å². The molecule has 0 aromatic heterocycles. The Labute approximate surface area is 163 Å². The van der Waals surface area contributed by atoms with Gasteiger partial charge in [-0.15, -0.1) is 0 Å². The van der Waals surface area contributed by atoms with Crippen molar-refractivity contribution in [3.8, 4) is 0 Å². The minimum atomic E-state index is -4.55. The molecule has 1 saturated heterocycles. The number of piperidine rings is 1. The molecule has 1 aromatic rings. The van der Waals surface area contributed by atoms with Crippen LogP contribution in [-0.2, 0) is 15.8 Å². The molecule has 1 fully saturated rings. The number of hydrogen-bond acceptors (Lipinski definition) is 2. The van der Waals surface area contributed by atoms with Gasteiger partial charge in [0.1, 0.15) is 0 Å². The number of anilines is 1. The predicted molar refractivity (Wildman–Crippen MR) is 101 cm³/mol. The van der Waals surface area contributed by atoms with Crippen LogP contribution in [0.5, 0.6) is 0 Å². The molecule has 0 radical (unpaired) electrons. The van der Waals surface area contributed by atoms with Crippen LogP contribution in [0.25, 0.3) is 0 Å². The lowest BCUT2D eigenvalue weighted by Gasteiger charge is -2.40. The van der Waals surface area contributed by atoms with Gasteiger partial charge in [0.2, 0.25) is 0 Å². The number of benzene rings is 1. The maximum atomic E-state index is 13.1. The summed E-state index contributed by atoms with van der Waals surface area (Å²) in [5, 5.41) is 2.33. The van der Waals surface area contributed by atoms with Crippen LogP contribution in [0.15, 0.2) is 24.3 Å². The highest BCUT2D eigenvalue weighted by Crippen LogP contribution is 2.34. The van der Waals surface area contributed by atoms with Crippen LogP contribution in [-0.4, -0.2) is 48.4 Å². The molecule has 8 heteroatoms. The summed E-state index contributed by atoms with van der Waals surface area (Å²) in [6, 6.07) is 4.70. The minimum Gasteiger partial charge on any atom is -0.332 e. The summed E-state index contributed by atoms with van der Waals surface area (Å²) in [4.78, 5) is 27.7. The second kappa shape index (κ2) is 8.94. The molecule has 4 atom stereocenters. The Kier molecular flexibility index (Phi) is 7.09. The molecule has 1 heterocycles. The second-order valence-electron chi connectivity index (χ2n) is 7.71. The Balaban J connectivity index is 2.01. The van der Waals surface area contributed by atoms with Crippen molar-refractivity contribution in [1.29, 1.82) is 0 Å². The van der Waals surface area contributed by atoms with Crippen molar-refractivity contribution in [2.75, 3.05) is 18.9 Å². The lowest BCUT2D eigenvalue weighted by molar-refractivity contribution is -0.886. The van der Waals surface area contributed by atoms with Crippen molar-refractivity contribution >= 4 is 17.5 Å². The van der Waals surface area contributed by atoms with Crippen molar-refractivity contribution in [2.24, 2.45) is 0 Å². The van der Waals surface area contributed by atoms with Gasteiger partial charge >= 0.3 is 6.18 Å². The van der Waals surface area contributed by atoms with E-state index in [4.69, 9.17) is 0 Å². The van der Waals surface area contributed by atoms with E-state index in [2.05, 4.69) is 5.32 Å². The first-order valence-electron chi connectivity index (χ1n) is 9.63. The van der Waals surface area contributed by atoms with Gasteiger partial charge in [0.15, 0.2) is 12.6 Å². The highest BCUT2D eigenvalue weighted by molar-refractivity contribution is 5.92. The van der Waals surface area contributed by atoms with Gasteiger partial charge in [-0.05, 0) is 52.2 Å². The number of halogens is 3. The standard InChI is InChI=1S/C20H28F3N3O2/c1-13-8-7-9-14(2)26(13)19(28)15(3)25(4)12-18(27)24-17-11-6-5-10-16(17)20(21,22)23/h5-6,10-11,13-15H,7-9,12H2,1-4H3,(H,24,27)/p+1/t13-,14+,15-/m1/s1. The van der Waals surface area contributed by atoms with Gasteiger partial charge < -0.3 is 15.1 Å². The number of rotatable bonds is 5. The Morgan fingerprint density at radius 3 is 2.36 bits per heavy atom. The summed E-state index contributed by atoms with van der Waals surface area (Å²) < 4.78 is 39.2. The fourth-order valence-electron chi connectivity index (χ4n) is 3.73. The number of alkyl halides is 3. The third-order valence-electron chi connectivity index (χ3n) is 5.50. The third kappa shape index (κ3) is 5.25. The van der Waals surface area contributed by atoms with E-state index < -0.39 is 23.7 Å². The molecule has 0 spiro atoms. The van der Waals surface area contributed by atoms with E-state index in [1.165, 1.54) is 18.2 Å². The molecule has 1 unspecified atom stereocenters. The first-order chi connectivity index (χ1) is 13.0. The van der Waals surface area contributed by atoms with E-state index in [9.17, 15) is 22.8 Å². The normalized spacial score (nSPS) is 22.5. The fraction of sp³-hybridized carbons (Fsp3) is 0.600. The van der Waals surface area contributed by atoms with Gasteiger partial charge in [0, 0.05) is 12.1 Å². The topological polar surface area (TPSA) is 53.9 Å². The largest absolute Gasteiger partial charge is 0.418 e. The molecular formula is C20H29F3N3O2+. The van der Waals surface area contributed by atoms with Crippen molar-refractivity contribution < 1.29 is 27.7 Å². The maximum Gasteiger partial charge on any atom is 0.418 e. The number of carbonyl (C=O) groups is 2. The Morgan fingerprint density at radius 2 is 1.79 bits per heavy atom. The predicted octanol–water partition coefficient (Wildman–Crippen LogP) is 2.34. The number of likely N-dealkylation sites (N-methyl/N-ethyl adjacent to an activating group) is 1. The highest BCUT2D eigenvalue weighted by Gasteiger charge is 2.36. The van der Waals surface area contributed by atoms with Gasteiger partial charge in [-0.3, -0.25) is 9.59 Å². The number of hydrogen-bond donors (Lipinski definition) is 2. The van der Waals surface area contributed by atoms with Crippen LogP contribution in [0.2, 0.25) is 0 Å². The van der Waals surface area contributed by atoms with Gasteiger partial charge in [-0.1, -0.05) is 12.1 Å². The zero-order valence-electron chi connectivity index (χ0n) is 16.8. The zero-order valence-corrected chi connectivity index (χ0v) is 16.8. The minimum absolute atomic E-state index is 0.0271. The molecule has 1 aliphatic rings. The quantitative estimate of drug-likeness (QED) is 0.797. The Morgan fingerprint density at radius 1 is 1.21 bits per heavy atom. The third-order valence-corrected chi connectivity index (χ3v) is 5.50. The van der Waals surface area contributed by atoms with Crippen molar-refractivity contribution in [3.05, 3.63) is 29.8 Å². The molecule has 2 amide bonds. The fourth-order valence-corrected chi connectivity index (χ4v) is 3.73. The highest BCUT2D eigenvalue weighted by atomic mass is 19.4.